The maximum absolute atomic E-state index is 5.90. The molecule has 0 atom stereocenters. The molecule has 9 nitrogen and oxygen atoms in total. The molecule has 0 spiro atoms. The van der Waals surface area contributed by atoms with E-state index in [0.717, 1.165) is 55.4 Å². The Morgan fingerprint density at radius 3 is 2.39 bits per heavy atom. The lowest BCUT2D eigenvalue weighted by Gasteiger charge is -2.32. The van der Waals surface area contributed by atoms with Crippen LogP contribution in [0.3, 0.4) is 0 Å². The lowest BCUT2D eigenvalue weighted by atomic mass is 9.90. The number of tetrazole rings is 1. The third kappa shape index (κ3) is 6.02. The summed E-state index contributed by atoms with van der Waals surface area (Å²) in [5.74, 6) is 2.14. The number of aryl methyl sites for hydroxylation is 1. The van der Waals surface area contributed by atoms with Crippen LogP contribution >= 0.6 is 0 Å². The van der Waals surface area contributed by atoms with Crippen molar-refractivity contribution in [3.05, 3.63) is 78.1 Å². The molecule has 1 saturated heterocycles. The van der Waals surface area contributed by atoms with Crippen LogP contribution in [0.2, 0.25) is 0 Å². The minimum Gasteiger partial charge on any atom is -0.487 e. The first-order valence-electron chi connectivity index (χ1n) is 12.8. The molecule has 4 heterocycles. The van der Waals surface area contributed by atoms with E-state index < -0.39 is 0 Å². The topological polar surface area (TPSA) is 94.7 Å². The predicted molar refractivity (Wildman–Crippen MR) is 137 cm³/mol. The van der Waals surface area contributed by atoms with Gasteiger partial charge in [-0.15, -0.1) is 5.10 Å². The number of hydrogen-bond donors (Lipinski definition) is 0. The normalized spacial score (nSPS) is 14.2. The second-order valence-corrected chi connectivity index (χ2v) is 9.23. The molecule has 0 radical (unpaired) electrons. The number of anilines is 1. The van der Waals surface area contributed by atoms with E-state index in [1.807, 2.05) is 42.9 Å². The second kappa shape index (κ2) is 11.7. The molecule has 0 N–H and O–H groups in total. The Bertz CT molecular complexity index is 1190. The molecule has 0 bridgehead atoms. The van der Waals surface area contributed by atoms with Gasteiger partial charge in [0.25, 0.3) is 0 Å². The number of pyridine rings is 1. The van der Waals surface area contributed by atoms with Gasteiger partial charge in [-0.25, -0.2) is 14.6 Å². The van der Waals surface area contributed by atoms with Gasteiger partial charge in [0.2, 0.25) is 5.95 Å². The van der Waals surface area contributed by atoms with Gasteiger partial charge in [0, 0.05) is 31.7 Å². The van der Waals surface area contributed by atoms with Crippen LogP contribution in [-0.2, 0) is 13.0 Å². The average Bonchev–Trinajstić information content (AvgIpc) is 3.49. The summed E-state index contributed by atoms with van der Waals surface area (Å²) in [6.45, 7) is 4.58. The number of benzene rings is 1. The Balaban J connectivity index is 1.09. The third-order valence-electron chi connectivity index (χ3n) is 6.69. The molecular weight excluding hydrogens is 452 g/mol. The fourth-order valence-electron chi connectivity index (χ4n) is 4.53. The summed E-state index contributed by atoms with van der Waals surface area (Å²) >= 11 is 0. The summed E-state index contributed by atoms with van der Waals surface area (Å²) in [6.07, 6.45) is 14.5. The summed E-state index contributed by atoms with van der Waals surface area (Å²) in [6, 6.07) is 11.9. The molecule has 186 valence electrons. The van der Waals surface area contributed by atoms with Crippen LogP contribution < -0.4 is 9.64 Å². The molecule has 4 aromatic rings. The zero-order valence-electron chi connectivity index (χ0n) is 20.7. The maximum atomic E-state index is 5.90. The van der Waals surface area contributed by atoms with Crippen LogP contribution in [0.4, 0.5) is 5.95 Å². The van der Waals surface area contributed by atoms with Crippen LogP contribution in [0.15, 0.2) is 61.3 Å². The van der Waals surface area contributed by atoms with E-state index in [2.05, 4.69) is 54.4 Å². The van der Waals surface area contributed by atoms with Gasteiger partial charge in [-0.3, -0.25) is 4.98 Å². The Kier molecular flexibility index (Phi) is 7.75. The standard InChI is InChI=1S/C27H32N8O/c1-2-3-4-5-21-16-29-27(30-17-21)34-14-12-22(13-15-34)23-6-7-24(28-18-23)19-36-26-10-8-25(9-11-26)35-20-31-32-33-35/h6-11,16-18,20,22H,2-5,12-15,19H2,1H3. The van der Waals surface area contributed by atoms with Crippen LogP contribution in [0.25, 0.3) is 5.69 Å². The van der Waals surface area contributed by atoms with Crippen LogP contribution in [-0.4, -0.2) is 48.2 Å². The molecule has 1 fully saturated rings. The highest BCUT2D eigenvalue weighted by atomic mass is 16.5. The van der Waals surface area contributed by atoms with E-state index in [-0.39, 0.29) is 0 Å². The van der Waals surface area contributed by atoms with E-state index in [1.165, 1.54) is 30.4 Å². The number of nitrogens with zero attached hydrogens (tertiary/aromatic N) is 8. The van der Waals surface area contributed by atoms with Crippen molar-refractivity contribution in [2.75, 3.05) is 18.0 Å². The highest BCUT2D eigenvalue weighted by Gasteiger charge is 2.22. The largest absolute Gasteiger partial charge is 0.487 e. The molecule has 5 rings (SSSR count). The van der Waals surface area contributed by atoms with Crippen LogP contribution in [0.5, 0.6) is 5.75 Å². The molecule has 0 amide bonds. The Morgan fingerprint density at radius 2 is 1.72 bits per heavy atom. The predicted octanol–water partition coefficient (Wildman–Crippen LogP) is 4.54. The van der Waals surface area contributed by atoms with Crippen molar-refractivity contribution in [1.29, 1.82) is 0 Å². The molecule has 0 aliphatic carbocycles. The summed E-state index contributed by atoms with van der Waals surface area (Å²) in [7, 11) is 0. The highest BCUT2D eigenvalue weighted by Crippen LogP contribution is 2.29. The summed E-state index contributed by atoms with van der Waals surface area (Å²) in [5.41, 5.74) is 4.31. The monoisotopic (exact) mass is 484 g/mol. The Labute approximate surface area is 211 Å². The smallest absolute Gasteiger partial charge is 0.225 e. The van der Waals surface area contributed by atoms with Gasteiger partial charge in [0.05, 0.1) is 11.4 Å². The molecule has 0 saturated carbocycles. The van der Waals surface area contributed by atoms with Crippen molar-refractivity contribution in [1.82, 2.24) is 35.2 Å². The van der Waals surface area contributed by atoms with Crippen molar-refractivity contribution < 1.29 is 4.74 Å². The van der Waals surface area contributed by atoms with Gasteiger partial charge >= 0.3 is 0 Å². The molecule has 9 heteroatoms. The van der Waals surface area contributed by atoms with E-state index in [9.17, 15) is 0 Å². The SMILES string of the molecule is CCCCCc1cnc(N2CCC(c3ccc(COc4ccc(-n5cnnn5)cc4)nc3)CC2)nc1. The Hall–Kier alpha value is -3.88. The Morgan fingerprint density at radius 1 is 0.917 bits per heavy atom. The number of unbranched alkanes of at least 4 members (excludes halogenated alkanes) is 2. The van der Waals surface area contributed by atoms with Gasteiger partial charge in [0.15, 0.2) is 0 Å². The fraction of sp³-hybridized carbons (Fsp3) is 0.407. The highest BCUT2D eigenvalue weighted by molar-refractivity contribution is 5.36. The van der Waals surface area contributed by atoms with Crippen LogP contribution in [0, 0.1) is 0 Å². The maximum Gasteiger partial charge on any atom is 0.225 e. The van der Waals surface area contributed by atoms with E-state index in [0.29, 0.717) is 12.5 Å². The minimum atomic E-state index is 0.425. The molecular formula is C27H32N8O. The second-order valence-electron chi connectivity index (χ2n) is 9.23. The number of piperidine rings is 1. The van der Waals surface area contributed by atoms with Crippen molar-refractivity contribution >= 4 is 5.95 Å². The molecule has 1 aromatic carbocycles. The zero-order valence-corrected chi connectivity index (χ0v) is 20.7. The summed E-state index contributed by atoms with van der Waals surface area (Å²) in [4.78, 5) is 16.2. The molecule has 36 heavy (non-hydrogen) atoms. The van der Waals surface area contributed by atoms with Crippen molar-refractivity contribution in [2.24, 2.45) is 0 Å². The van der Waals surface area contributed by atoms with Gasteiger partial charge in [0.1, 0.15) is 18.7 Å². The lowest BCUT2D eigenvalue weighted by molar-refractivity contribution is 0.301. The zero-order chi connectivity index (χ0) is 24.6. The number of aromatic nitrogens is 7. The quantitative estimate of drug-likeness (QED) is 0.303. The molecule has 3 aromatic heterocycles. The van der Waals surface area contributed by atoms with Gasteiger partial charge in [-0.05, 0) is 83.5 Å². The first-order chi connectivity index (χ1) is 17.8. The number of ether oxygens (including phenoxy) is 1. The molecule has 0 unspecified atom stereocenters. The van der Waals surface area contributed by atoms with Crippen molar-refractivity contribution in [2.45, 2.75) is 58.0 Å². The first-order valence-corrected chi connectivity index (χ1v) is 12.8. The molecule has 1 aliphatic heterocycles. The summed E-state index contributed by atoms with van der Waals surface area (Å²) in [5, 5.41) is 11.2. The van der Waals surface area contributed by atoms with Crippen molar-refractivity contribution in [3.63, 3.8) is 0 Å². The fourth-order valence-corrected chi connectivity index (χ4v) is 4.53. The van der Waals surface area contributed by atoms with Crippen LogP contribution in [0.1, 0.15) is 61.8 Å². The minimum absolute atomic E-state index is 0.425. The summed E-state index contributed by atoms with van der Waals surface area (Å²) < 4.78 is 7.51. The van der Waals surface area contributed by atoms with E-state index in [1.54, 1.807) is 11.0 Å². The van der Waals surface area contributed by atoms with Gasteiger partial charge in [-0.1, -0.05) is 25.8 Å². The molecule has 1 aliphatic rings. The van der Waals surface area contributed by atoms with Crippen molar-refractivity contribution in [3.8, 4) is 11.4 Å². The number of hydrogen-bond acceptors (Lipinski definition) is 8. The number of rotatable bonds is 10. The lowest BCUT2D eigenvalue weighted by Crippen LogP contribution is -2.34. The van der Waals surface area contributed by atoms with E-state index in [4.69, 9.17) is 4.74 Å². The third-order valence-corrected chi connectivity index (χ3v) is 6.69. The first kappa shape index (κ1) is 23.8. The average molecular weight is 485 g/mol. The van der Waals surface area contributed by atoms with Gasteiger partial charge in [-0.2, -0.15) is 0 Å². The van der Waals surface area contributed by atoms with Gasteiger partial charge < -0.3 is 9.64 Å². The van der Waals surface area contributed by atoms with E-state index >= 15 is 0 Å².